The monoisotopic (exact) mass is 243 g/mol. The summed E-state index contributed by atoms with van der Waals surface area (Å²) >= 11 is 6.07. The van der Waals surface area contributed by atoms with Gasteiger partial charge >= 0.3 is 0 Å². The van der Waals surface area contributed by atoms with Crippen molar-refractivity contribution in [2.24, 2.45) is 0 Å². The second-order valence-corrected chi connectivity index (χ2v) is 4.39. The first-order chi connectivity index (χ1) is 7.61. The van der Waals surface area contributed by atoms with Crippen molar-refractivity contribution < 1.29 is 15.3 Å². The number of halogens is 1. The van der Waals surface area contributed by atoms with Crippen LogP contribution in [0.15, 0.2) is 18.2 Å². The van der Waals surface area contributed by atoms with Crippen molar-refractivity contribution in [2.45, 2.75) is 18.8 Å². The van der Waals surface area contributed by atoms with E-state index in [1.54, 1.807) is 18.2 Å². The number of aliphatic hydroxyl groups excluding tert-OH is 3. The van der Waals surface area contributed by atoms with Crippen LogP contribution in [0.4, 0.5) is 5.69 Å². The zero-order valence-corrected chi connectivity index (χ0v) is 9.43. The zero-order chi connectivity index (χ0) is 11.7. The molecular formula is C11H14ClNO3. The predicted molar refractivity (Wildman–Crippen MR) is 61.6 cm³/mol. The third kappa shape index (κ3) is 2.15. The molecule has 1 fully saturated rings. The summed E-state index contributed by atoms with van der Waals surface area (Å²) in [7, 11) is 0. The second kappa shape index (κ2) is 4.59. The molecule has 2 unspecified atom stereocenters. The Morgan fingerprint density at radius 2 is 1.88 bits per heavy atom. The van der Waals surface area contributed by atoms with Gasteiger partial charge in [0.2, 0.25) is 0 Å². The first kappa shape index (κ1) is 11.7. The summed E-state index contributed by atoms with van der Waals surface area (Å²) in [6, 6.07) is 5.25. The molecule has 0 aromatic heterocycles. The molecule has 88 valence electrons. The molecule has 1 heterocycles. The van der Waals surface area contributed by atoms with Crippen LogP contribution in [0.3, 0.4) is 0 Å². The van der Waals surface area contributed by atoms with Crippen molar-refractivity contribution in [3.63, 3.8) is 0 Å². The average molecular weight is 244 g/mol. The maximum absolute atomic E-state index is 9.45. The van der Waals surface area contributed by atoms with Crippen LogP contribution in [0.5, 0.6) is 0 Å². The van der Waals surface area contributed by atoms with Crippen molar-refractivity contribution in [1.29, 1.82) is 0 Å². The Hall–Kier alpha value is -0.810. The molecule has 0 amide bonds. The lowest BCUT2D eigenvalue weighted by molar-refractivity contribution is 0.0572. The summed E-state index contributed by atoms with van der Waals surface area (Å²) in [5.41, 5.74) is 1.52. The molecule has 1 saturated heterocycles. The quantitative estimate of drug-likeness (QED) is 0.703. The SMILES string of the molecule is OCc1ccc(N2CC(O)C(O)C2)c(Cl)c1. The van der Waals surface area contributed by atoms with Gasteiger partial charge in [0.1, 0.15) is 0 Å². The van der Waals surface area contributed by atoms with Crippen LogP contribution < -0.4 is 4.90 Å². The lowest BCUT2D eigenvalue weighted by atomic mass is 10.2. The zero-order valence-electron chi connectivity index (χ0n) is 8.67. The number of hydrogen-bond donors (Lipinski definition) is 3. The van der Waals surface area contributed by atoms with E-state index in [9.17, 15) is 10.2 Å². The summed E-state index contributed by atoms with van der Waals surface area (Å²) in [6.07, 6.45) is -1.46. The van der Waals surface area contributed by atoms with E-state index >= 15 is 0 Å². The lowest BCUT2D eigenvalue weighted by Gasteiger charge is -2.19. The number of β-amino-alcohol motifs (C(OH)–C–C–N with tert-alkyl or cyclic N) is 2. The van der Waals surface area contributed by atoms with Crippen LogP contribution >= 0.6 is 11.6 Å². The van der Waals surface area contributed by atoms with E-state index in [1.807, 2.05) is 4.90 Å². The molecule has 2 rings (SSSR count). The fraction of sp³-hybridized carbons (Fsp3) is 0.455. The van der Waals surface area contributed by atoms with Crippen molar-refractivity contribution >= 4 is 17.3 Å². The van der Waals surface area contributed by atoms with Crippen LogP contribution in [0.1, 0.15) is 5.56 Å². The number of rotatable bonds is 2. The highest BCUT2D eigenvalue weighted by atomic mass is 35.5. The first-order valence-corrected chi connectivity index (χ1v) is 5.50. The fourth-order valence-electron chi connectivity index (χ4n) is 1.87. The average Bonchev–Trinajstić information content (AvgIpc) is 2.58. The van der Waals surface area contributed by atoms with Gasteiger partial charge < -0.3 is 20.2 Å². The lowest BCUT2D eigenvalue weighted by Crippen LogP contribution is -2.22. The Morgan fingerprint density at radius 3 is 2.38 bits per heavy atom. The summed E-state index contributed by atoms with van der Waals surface area (Å²) < 4.78 is 0. The van der Waals surface area contributed by atoms with Crippen LogP contribution in [-0.4, -0.2) is 40.6 Å². The molecule has 1 aliphatic rings. The van der Waals surface area contributed by atoms with E-state index in [0.717, 1.165) is 11.3 Å². The summed E-state index contributed by atoms with van der Waals surface area (Å²) in [6.45, 7) is 0.698. The number of hydrogen-bond acceptors (Lipinski definition) is 4. The van der Waals surface area contributed by atoms with Gasteiger partial charge in [0.25, 0.3) is 0 Å². The van der Waals surface area contributed by atoms with Crippen LogP contribution in [-0.2, 0) is 6.61 Å². The van der Waals surface area contributed by atoms with E-state index in [1.165, 1.54) is 0 Å². The molecule has 0 aliphatic carbocycles. The molecule has 1 aromatic carbocycles. The summed E-state index contributed by atoms with van der Waals surface area (Å²) in [5.74, 6) is 0. The summed E-state index contributed by atoms with van der Waals surface area (Å²) in [5, 5.41) is 28.4. The molecular weight excluding hydrogens is 230 g/mol. The van der Waals surface area contributed by atoms with Gasteiger partial charge in [-0.2, -0.15) is 0 Å². The van der Waals surface area contributed by atoms with Gasteiger partial charge in [-0.15, -0.1) is 0 Å². The molecule has 1 aromatic rings. The third-order valence-electron chi connectivity index (χ3n) is 2.79. The topological polar surface area (TPSA) is 63.9 Å². The minimum Gasteiger partial charge on any atom is -0.392 e. The molecule has 3 N–H and O–H groups in total. The molecule has 16 heavy (non-hydrogen) atoms. The van der Waals surface area contributed by atoms with Crippen LogP contribution in [0, 0.1) is 0 Å². The van der Waals surface area contributed by atoms with E-state index in [4.69, 9.17) is 16.7 Å². The number of aliphatic hydroxyl groups is 3. The standard InChI is InChI=1S/C11H14ClNO3/c12-8-3-7(6-14)1-2-9(8)13-4-10(15)11(16)5-13/h1-3,10-11,14-16H,4-6H2. The number of benzene rings is 1. The Kier molecular flexibility index (Phi) is 3.35. The van der Waals surface area contributed by atoms with E-state index in [-0.39, 0.29) is 6.61 Å². The number of nitrogens with zero attached hydrogens (tertiary/aromatic N) is 1. The number of anilines is 1. The molecule has 1 aliphatic heterocycles. The highest BCUT2D eigenvalue weighted by Gasteiger charge is 2.30. The molecule has 0 radical (unpaired) electrons. The van der Waals surface area contributed by atoms with Crippen molar-refractivity contribution in [3.05, 3.63) is 28.8 Å². The van der Waals surface area contributed by atoms with Gasteiger partial charge in [0, 0.05) is 13.1 Å². The fourth-order valence-corrected chi connectivity index (χ4v) is 2.19. The molecule has 2 atom stereocenters. The molecule has 0 bridgehead atoms. The summed E-state index contributed by atoms with van der Waals surface area (Å²) in [4.78, 5) is 1.83. The highest BCUT2D eigenvalue weighted by Crippen LogP contribution is 2.29. The van der Waals surface area contributed by atoms with Gasteiger partial charge in [0.15, 0.2) is 0 Å². The maximum Gasteiger partial charge on any atom is 0.0990 e. The minimum atomic E-state index is -0.728. The van der Waals surface area contributed by atoms with E-state index in [0.29, 0.717) is 18.1 Å². The van der Waals surface area contributed by atoms with Gasteiger partial charge in [0.05, 0.1) is 29.5 Å². The van der Waals surface area contributed by atoms with Crippen molar-refractivity contribution in [3.8, 4) is 0 Å². The van der Waals surface area contributed by atoms with Gasteiger partial charge in [-0.1, -0.05) is 17.7 Å². The van der Waals surface area contributed by atoms with E-state index < -0.39 is 12.2 Å². The Morgan fingerprint density at radius 1 is 1.25 bits per heavy atom. The third-order valence-corrected chi connectivity index (χ3v) is 3.10. The largest absolute Gasteiger partial charge is 0.392 e. The normalized spacial score (nSPS) is 25.1. The molecule has 4 nitrogen and oxygen atoms in total. The highest BCUT2D eigenvalue weighted by molar-refractivity contribution is 6.33. The van der Waals surface area contributed by atoms with Crippen LogP contribution in [0.25, 0.3) is 0 Å². The first-order valence-electron chi connectivity index (χ1n) is 5.12. The molecule has 5 heteroatoms. The molecule has 0 spiro atoms. The Labute approximate surface area is 98.7 Å². The van der Waals surface area contributed by atoms with Gasteiger partial charge in [-0.25, -0.2) is 0 Å². The minimum absolute atomic E-state index is 0.0503. The smallest absolute Gasteiger partial charge is 0.0990 e. The maximum atomic E-state index is 9.45. The Bertz CT molecular complexity index is 375. The van der Waals surface area contributed by atoms with Crippen LogP contribution in [0.2, 0.25) is 5.02 Å². The van der Waals surface area contributed by atoms with E-state index in [2.05, 4.69) is 0 Å². The van der Waals surface area contributed by atoms with Gasteiger partial charge in [-0.3, -0.25) is 0 Å². The Balaban J connectivity index is 2.22. The predicted octanol–water partition coefficient (Wildman–Crippen LogP) is 0.374. The van der Waals surface area contributed by atoms with Crippen molar-refractivity contribution in [2.75, 3.05) is 18.0 Å². The second-order valence-electron chi connectivity index (χ2n) is 3.98. The van der Waals surface area contributed by atoms with Gasteiger partial charge in [-0.05, 0) is 17.7 Å². The molecule has 0 saturated carbocycles. The van der Waals surface area contributed by atoms with Crippen molar-refractivity contribution in [1.82, 2.24) is 0 Å².